The molecule has 2 nitrogen and oxygen atoms in total. The second-order valence-electron chi connectivity index (χ2n) is 2.79. The minimum absolute atomic E-state index is 0.677. The number of hydrogen-bond acceptors (Lipinski definition) is 3. The number of rotatable bonds is 4. The molecule has 1 heterocycles. The molecule has 1 aromatic rings. The van der Waals surface area contributed by atoms with E-state index in [-0.39, 0.29) is 0 Å². The molecule has 68 valence electrons. The highest BCUT2D eigenvalue weighted by Crippen LogP contribution is 2.17. The van der Waals surface area contributed by atoms with E-state index in [0.29, 0.717) is 5.75 Å². The van der Waals surface area contributed by atoms with Crippen molar-refractivity contribution >= 4 is 12.6 Å². The van der Waals surface area contributed by atoms with E-state index in [2.05, 4.69) is 31.6 Å². The van der Waals surface area contributed by atoms with Crippen molar-refractivity contribution in [2.75, 3.05) is 0 Å². The molecule has 0 aliphatic heterocycles. The third-order valence-corrected chi connectivity index (χ3v) is 2.23. The van der Waals surface area contributed by atoms with Gasteiger partial charge in [0, 0.05) is 17.7 Å². The van der Waals surface area contributed by atoms with Crippen LogP contribution in [0.3, 0.4) is 0 Å². The molecule has 0 aliphatic rings. The summed E-state index contributed by atoms with van der Waals surface area (Å²) < 4.78 is 5.22. The first-order chi connectivity index (χ1) is 5.83. The highest BCUT2D eigenvalue weighted by atomic mass is 32.1. The normalized spacial score (nSPS) is 10.6. The van der Waals surface area contributed by atoms with E-state index in [1.54, 1.807) is 0 Å². The van der Waals surface area contributed by atoms with Crippen molar-refractivity contribution in [2.24, 2.45) is 0 Å². The molecule has 0 aliphatic carbocycles. The van der Waals surface area contributed by atoms with Gasteiger partial charge in [-0.25, -0.2) is 0 Å². The average molecular weight is 185 g/mol. The lowest BCUT2D eigenvalue weighted by atomic mass is 10.1. The monoisotopic (exact) mass is 185 g/mol. The number of aryl methyl sites for hydroxylation is 1. The van der Waals surface area contributed by atoms with E-state index < -0.39 is 0 Å². The average Bonchev–Trinajstić information content (AvgIpc) is 2.47. The highest BCUT2D eigenvalue weighted by molar-refractivity contribution is 7.79. The Morgan fingerprint density at radius 2 is 2.17 bits per heavy atom. The minimum atomic E-state index is 0.677. The van der Waals surface area contributed by atoms with Gasteiger partial charge in [-0.2, -0.15) is 12.6 Å². The second kappa shape index (κ2) is 4.55. The molecule has 12 heavy (non-hydrogen) atoms. The van der Waals surface area contributed by atoms with Gasteiger partial charge in [0.15, 0.2) is 0 Å². The molecule has 0 fully saturated rings. The van der Waals surface area contributed by atoms with E-state index in [1.165, 1.54) is 5.56 Å². The summed E-state index contributed by atoms with van der Waals surface area (Å²) in [6.07, 6.45) is 3.09. The molecular formula is C9H15NOS. The maximum atomic E-state index is 5.22. The molecule has 0 aromatic carbocycles. The first kappa shape index (κ1) is 9.65. The molecule has 0 saturated heterocycles. The van der Waals surface area contributed by atoms with Crippen molar-refractivity contribution in [3.05, 3.63) is 17.0 Å². The maximum absolute atomic E-state index is 5.22. The zero-order valence-corrected chi connectivity index (χ0v) is 8.53. The smallest absolute Gasteiger partial charge is 0.140 e. The first-order valence-electron chi connectivity index (χ1n) is 4.40. The van der Waals surface area contributed by atoms with Crippen LogP contribution in [-0.4, -0.2) is 5.16 Å². The van der Waals surface area contributed by atoms with Gasteiger partial charge < -0.3 is 4.52 Å². The van der Waals surface area contributed by atoms with Gasteiger partial charge in [0.25, 0.3) is 0 Å². The molecule has 3 heteroatoms. The zero-order valence-electron chi connectivity index (χ0n) is 7.63. The predicted molar refractivity (Wildman–Crippen MR) is 52.6 cm³/mol. The van der Waals surface area contributed by atoms with Gasteiger partial charge in [-0.3, -0.25) is 0 Å². The second-order valence-corrected chi connectivity index (χ2v) is 3.11. The minimum Gasteiger partial charge on any atom is -0.361 e. The molecule has 0 bridgehead atoms. The molecule has 0 atom stereocenters. The van der Waals surface area contributed by atoms with Gasteiger partial charge in [0.2, 0.25) is 0 Å². The van der Waals surface area contributed by atoms with Crippen LogP contribution in [0.4, 0.5) is 0 Å². The summed E-state index contributed by atoms with van der Waals surface area (Å²) in [5, 5.41) is 3.97. The number of hydrogen-bond donors (Lipinski definition) is 1. The Morgan fingerprint density at radius 3 is 2.67 bits per heavy atom. The van der Waals surface area contributed by atoms with E-state index in [9.17, 15) is 0 Å². The van der Waals surface area contributed by atoms with Gasteiger partial charge in [-0.05, 0) is 12.8 Å². The maximum Gasteiger partial charge on any atom is 0.140 e. The summed E-state index contributed by atoms with van der Waals surface area (Å²) in [6, 6.07) is 0. The number of nitrogens with zero attached hydrogens (tertiary/aromatic N) is 1. The lowest BCUT2D eigenvalue weighted by Gasteiger charge is -1.96. The Labute approximate surface area is 78.7 Å². The molecular weight excluding hydrogens is 170 g/mol. The van der Waals surface area contributed by atoms with E-state index in [4.69, 9.17) is 4.52 Å². The number of thiol groups is 1. The van der Waals surface area contributed by atoms with E-state index >= 15 is 0 Å². The Kier molecular flexibility index (Phi) is 3.66. The van der Waals surface area contributed by atoms with Gasteiger partial charge in [0.05, 0.1) is 5.69 Å². The Morgan fingerprint density at radius 1 is 1.42 bits per heavy atom. The summed E-state index contributed by atoms with van der Waals surface area (Å²) in [7, 11) is 0. The molecule has 1 rings (SSSR count). The molecule has 0 radical (unpaired) electrons. The fraction of sp³-hybridized carbons (Fsp3) is 0.667. The SMILES string of the molecule is CCCc1onc(CS)c1CC. The van der Waals surface area contributed by atoms with Crippen molar-refractivity contribution in [1.29, 1.82) is 0 Å². The summed E-state index contributed by atoms with van der Waals surface area (Å²) in [5.74, 6) is 1.72. The lowest BCUT2D eigenvalue weighted by Crippen LogP contribution is -1.90. The van der Waals surface area contributed by atoms with Gasteiger partial charge >= 0.3 is 0 Å². The Hall–Kier alpha value is -0.440. The molecule has 1 aromatic heterocycles. The van der Waals surface area contributed by atoms with Crippen LogP contribution >= 0.6 is 12.6 Å². The molecule has 0 amide bonds. The molecule has 0 unspecified atom stereocenters. The van der Waals surface area contributed by atoms with E-state index in [1.807, 2.05) is 0 Å². The predicted octanol–water partition coefficient (Wildman–Crippen LogP) is 2.62. The van der Waals surface area contributed by atoms with Crippen LogP contribution in [0, 0.1) is 0 Å². The van der Waals surface area contributed by atoms with E-state index in [0.717, 1.165) is 30.7 Å². The topological polar surface area (TPSA) is 26.0 Å². The van der Waals surface area contributed by atoms with Crippen LogP contribution in [0.15, 0.2) is 4.52 Å². The van der Waals surface area contributed by atoms with Gasteiger partial charge in [0.1, 0.15) is 5.76 Å². The standard InChI is InChI=1S/C9H15NOS/c1-3-5-9-7(4-2)8(6-12)10-11-9/h12H,3-6H2,1-2H3. The van der Waals surface area contributed by atoms with Crippen LogP contribution in [0.1, 0.15) is 37.3 Å². The van der Waals surface area contributed by atoms with Gasteiger partial charge in [-0.15, -0.1) is 0 Å². The van der Waals surface area contributed by atoms with Crippen LogP contribution in [0.25, 0.3) is 0 Å². The highest BCUT2D eigenvalue weighted by Gasteiger charge is 2.11. The summed E-state index contributed by atoms with van der Waals surface area (Å²) >= 11 is 4.19. The quantitative estimate of drug-likeness (QED) is 0.730. The Balaban J connectivity index is 2.88. The van der Waals surface area contributed by atoms with Crippen molar-refractivity contribution in [2.45, 2.75) is 38.9 Å². The first-order valence-corrected chi connectivity index (χ1v) is 5.03. The van der Waals surface area contributed by atoms with Crippen LogP contribution in [0.2, 0.25) is 0 Å². The largest absolute Gasteiger partial charge is 0.361 e. The fourth-order valence-electron chi connectivity index (χ4n) is 1.33. The van der Waals surface area contributed by atoms with Crippen molar-refractivity contribution in [3.8, 4) is 0 Å². The summed E-state index contributed by atoms with van der Waals surface area (Å²) in [5.41, 5.74) is 2.26. The van der Waals surface area contributed by atoms with Crippen LogP contribution in [0.5, 0.6) is 0 Å². The summed E-state index contributed by atoms with van der Waals surface area (Å²) in [6.45, 7) is 4.26. The van der Waals surface area contributed by atoms with Crippen LogP contribution in [-0.2, 0) is 18.6 Å². The molecule has 0 spiro atoms. The summed E-state index contributed by atoms with van der Waals surface area (Å²) in [4.78, 5) is 0. The van der Waals surface area contributed by atoms with Crippen molar-refractivity contribution in [1.82, 2.24) is 5.16 Å². The lowest BCUT2D eigenvalue weighted by molar-refractivity contribution is 0.377. The van der Waals surface area contributed by atoms with Gasteiger partial charge in [-0.1, -0.05) is 19.0 Å². The third-order valence-electron chi connectivity index (χ3n) is 1.93. The Bertz CT molecular complexity index is 245. The third kappa shape index (κ3) is 1.83. The zero-order chi connectivity index (χ0) is 8.97. The van der Waals surface area contributed by atoms with Crippen molar-refractivity contribution in [3.63, 3.8) is 0 Å². The number of aromatic nitrogens is 1. The van der Waals surface area contributed by atoms with Crippen molar-refractivity contribution < 1.29 is 4.52 Å². The fourth-order valence-corrected chi connectivity index (χ4v) is 1.58. The molecule has 0 saturated carbocycles. The molecule has 0 N–H and O–H groups in total. The van der Waals surface area contributed by atoms with Crippen LogP contribution < -0.4 is 0 Å².